The quantitative estimate of drug-likeness (QED) is 0.249. The van der Waals surface area contributed by atoms with Crippen LogP contribution in [0.2, 0.25) is 0 Å². The zero-order valence-corrected chi connectivity index (χ0v) is 22.2. The third kappa shape index (κ3) is 5.30. The number of fused-ring (bicyclic) bond motifs is 1. The molecule has 0 bridgehead atoms. The van der Waals surface area contributed by atoms with Gasteiger partial charge in [0.1, 0.15) is 23.9 Å². The first-order chi connectivity index (χ1) is 18.3. The molecule has 0 saturated heterocycles. The van der Waals surface area contributed by atoms with E-state index in [9.17, 15) is 14.4 Å². The summed E-state index contributed by atoms with van der Waals surface area (Å²) in [6.07, 6.45) is 3.19. The molecule has 4 rings (SSSR count). The van der Waals surface area contributed by atoms with Gasteiger partial charge in [-0.1, -0.05) is 36.1 Å². The zero-order valence-electron chi connectivity index (χ0n) is 21.3. The highest BCUT2D eigenvalue weighted by molar-refractivity contribution is 7.07. The molecule has 0 saturated carbocycles. The molecule has 0 fully saturated rings. The number of benzene rings is 2. The first-order valence-corrected chi connectivity index (χ1v) is 12.4. The second kappa shape index (κ2) is 11.3. The lowest BCUT2D eigenvalue weighted by Gasteiger charge is -2.24. The van der Waals surface area contributed by atoms with Gasteiger partial charge in [0.2, 0.25) is 0 Å². The van der Waals surface area contributed by atoms with Gasteiger partial charge in [0.15, 0.2) is 4.80 Å². The van der Waals surface area contributed by atoms with Crippen LogP contribution in [0.3, 0.4) is 0 Å². The Hall–Kier alpha value is -4.44. The number of nitrogens with zero attached hydrogens (tertiary/aromatic N) is 2. The maximum atomic E-state index is 13.8. The Kier molecular flexibility index (Phi) is 7.92. The molecule has 1 aromatic heterocycles. The van der Waals surface area contributed by atoms with E-state index in [-0.39, 0.29) is 17.7 Å². The summed E-state index contributed by atoms with van der Waals surface area (Å²) in [4.78, 5) is 43.3. The number of methoxy groups -OCH3 is 2. The second-order valence-corrected chi connectivity index (χ2v) is 9.25. The van der Waals surface area contributed by atoms with Gasteiger partial charge >= 0.3 is 11.9 Å². The summed E-state index contributed by atoms with van der Waals surface area (Å²) in [5.41, 5.74) is 1.64. The number of hydrogen-bond donors (Lipinski definition) is 0. The molecule has 0 amide bonds. The molecule has 196 valence electrons. The number of esters is 2. The molecule has 2 aromatic carbocycles. The van der Waals surface area contributed by atoms with Crippen LogP contribution >= 0.6 is 11.3 Å². The highest BCUT2D eigenvalue weighted by Crippen LogP contribution is 2.32. The van der Waals surface area contributed by atoms with E-state index >= 15 is 0 Å². The van der Waals surface area contributed by atoms with Gasteiger partial charge in [-0.3, -0.25) is 14.2 Å². The number of aromatic nitrogens is 1. The topological polar surface area (TPSA) is 105 Å². The minimum atomic E-state index is -0.810. The summed E-state index contributed by atoms with van der Waals surface area (Å²) in [7, 11) is 3.10. The van der Waals surface area contributed by atoms with Crippen molar-refractivity contribution in [1.29, 1.82) is 0 Å². The third-order valence-corrected chi connectivity index (χ3v) is 6.74. The van der Waals surface area contributed by atoms with Gasteiger partial charge in [0.05, 0.1) is 36.1 Å². The molecule has 9 nitrogen and oxygen atoms in total. The maximum absolute atomic E-state index is 13.8. The van der Waals surface area contributed by atoms with E-state index in [2.05, 4.69) is 11.6 Å². The van der Waals surface area contributed by atoms with E-state index in [4.69, 9.17) is 18.9 Å². The van der Waals surface area contributed by atoms with E-state index < -0.39 is 18.0 Å². The average Bonchev–Trinajstić information content (AvgIpc) is 3.20. The molecule has 0 unspecified atom stereocenters. The average molecular weight is 535 g/mol. The Morgan fingerprint density at radius 1 is 1.11 bits per heavy atom. The Morgan fingerprint density at radius 2 is 1.82 bits per heavy atom. The van der Waals surface area contributed by atoms with Gasteiger partial charge in [-0.25, -0.2) is 9.79 Å². The normalized spacial score (nSPS) is 14.8. The van der Waals surface area contributed by atoms with Crippen LogP contribution in [0.25, 0.3) is 6.08 Å². The van der Waals surface area contributed by atoms with Gasteiger partial charge in [-0.05, 0) is 42.8 Å². The predicted octanol–water partition coefficient (Wildman–Crippen LogP) is 2.91. The van der Waals surface area contributed by atoms with Gasteiger partial charge < -0.3 is 18.9 Å². The highest BCUT2D eigenvalue weighted by Gasteiger charge is 2.33. The van der Waals surface area contributed by atoms with Crippen molar-refractivity contribution in [3.8, 4) is 17.2 Å². The molecule has 0 aliphatic carbocycles. The summed E-state index contributed by atoms with van der Waals surface area (Å²) in [6, 6.07) is 11.1. The minimum absolute atomic E-state index is 0.00933. The van der Waals surface area contributed by atoms with Gasteiger partial charge in [0.25, 0.3) is 5.56 Å². The fraction of sp³-hybridized carbons (Fsp3) is 0.214. The van der Waals surface area contributed by atoms with Crippen LogP contribution in [-0.2, 0) is 14.3 Å². The van der Waals surface area contributed by atoms with Crippen molar-refractivity contribution in [2.45, 2.75) is 19.9 Å². The van der Waals surface area contributed by atoms with Gasteiger partial charge in [-0.15, -0.1) is 0 Å². The van der Waals surface area contributed by atoms with Gasteiger partial charge in [-0.2, -0.15) is 0 Å². The van der Waals surface area contributed by atoms with Crippen LogP contribution in [-0.4, -0.2) is 37.3 Å². The monoisotopic (exact) mass is 534 g/mol. The minimum Gasteiger partial charge on any atom is -0.497 e. The molecule has 0 radical (unpaired) electrons. The third-order valence-electron chi connectivity index (χ3n) is 5.76. The first kappa shape index (κ1) is 26.6. The smallest absolute Gasteiger partial charge is 0.338 e. The molecule has 1 aliphatic rings. The lowest BCUT2D eigenvalue weighted by atomic mass is 9.96. The van der Waals surface area contributed by atoms with Crippen molar-refractivity contribution in [2.24, 2.45) is 4.99 Å². The molecule has 2 heterocycles. The predicted molar refractivity (Wildman–Crippen MR) is 142 cm³/mol. The first-order valence-electron chi connectivity index (χ1n) is 11.6. The number of rotatable bonds is 8. The second-order valence-electron chi connectivity index (χ2n) is 8.24. The maximum Gasteiger partial charge on any atom is 0.338 e. The van der Waals surface area contributed by atoms with Crippen LogP contribution in [0.4, 0.5) is 0 Å². The highest BCUT2D eigenvalue weighted by atomic mass is 32.1. The molecule has 0 spiro atoms. The molecule has 3 aromatic rings. The number of hydrogen-bond acceptors (Lipinski definition) is 9. The lowest BCUT2D eigenvalue weighted by Crippen LogP contribution is -2.39. The Morgan fingerprint density at radius 3 is 2.45 bits per heavy atom. The van der Waals surface area contributed by atoms with E-state index in [0.29, 0.717) is 43.4 Å². The van der Waals surface area contributed by atoms with Crippen LogP contribution in [0.1, 0.15) is 31.0 Å². The zero-order chi connectivity index (χ0) is 27.4. The summed E-state index contributed by atoms with van der Waals surface area (Å²) < 4.78 is 23.1. The summed E-state index contributed by atoms with van der Waals surface area (Å²) in [5, 5.41) is 0. The summed E-state index contributed by atoms with van der Waals surface area (Å²) in [5.74, 6) is 0.445. The van der Waals surface area contributed by atoms with Crippen molar-refractivity contribution in [3.05, 3.63) is 97.2 Å². The fourth-order valence-corrected chi connectivity index (χ4v) is 5.11. The molecule has 38 heavy (non-hydrogen) atoms. The van der Waals surface area contributed by atoms with Crippen LogP contribution < -0.4 is 29.1 Å². The van der Waals surface area contributed by atoms with E-state index in [1.54, 1.807) is 62.6 Å². The van der Waals surface area contributed by atoms with Crippen LogP contribution in [0.15, 0.2) is 76.2 Å². The summed E-state index contributed by atoms with van der Waals surface area (Å²) >= 11 is 1.20. The Balaban J connectivity index is 1.90. The lowest BCUT2D eigenvalue weighted by molar-refractivity contribution is -0.138. The molecule has 10 heteroatoms. The molecule has 0 N–H and O–H groups in total. The number of carbonyl (C=O) groups is 2. The van der Waals surface area contributed by atoms with Crippen molar-refractivity contribution in [1.82, 2.24) is 4.57 Å². The molecule has 1 aliphatic heterocycles. The molecular weight excluding hydrogens is 508 g/mol. The standard InChI is InChI=1S/C28H26N2O7S/c1-6-13-36-27(33)24-16(2)29-28-30(25(24)18-7-10-20(11-8-18)37-17(3)31)26(32)23(38-28)14-19-9-12-21(34-4)15-22(19)35-5/h6-12,14-15,25H,1,13H2,2-5H3/b23-14-/t25-/m0/s1. The van der Waals surface area contributed by atoms with Crippen molar-refractivity contribution in [3.63, 3.8) is 0 Å². The number of ether oxygens (including phenoxy) is 4. The number of carbonyl (C=O) groups excluding carboxylic acids is 2. The molecular formula is C28H26N2O7S. The Bertz CT molecular complexity index is 1610. The fourth-order valence-electron chi connectivity index (χ4n) is 4.07. The van der Waals surface area contributed by atoms with Crippen LogP contribution in [0, 0.1) is 0 Å². The van der Waals surface area contributed by atoms with E-state index in [0.717, 1.165) is 0 Å². The van der Waals surface area contributed by atoms with Crippen LogP contribution in [0.5, 0.6) is 17.2 Å². The van der Waals surface area contributed by atoms with Crippen molar-refractivity contribution in [2.75, 3.05) is 20.8 Å². The van der Waals surface area contributed by atoms with Crippen molar-refractivity contribution >= 4 is 29.4 Å². The number of allylic oxidation sites excluding steroid dienone is 1. The van der Waals surface area contributed by atoms with E-state index in [1.165, 1.54) is 36.0 Å². The Labute approximate surface area is 222 Å². The van der Waals surface area contributed by atoms with E-state index in [1.807, 2.05) is 0 Å². The largest absolute Gasteiger partial charge is 0.497 e. The summed E-state index contributed by atoms with van der Waals surface area (Å²) in [6.45, 7) is 6.61. The number of thiazole rings is 1. The van der Waals surface area contributed by atoms with Gasteiger partial charge in [0, 0.05) is 18.6 Å². The van der Waals surface area contributed by atoms with Crippen molar-refractivity contribution < 1.29 is 28.5 Å². The SMILES string of the molecule is C=CCOC(=O)C1=C(C)N=c2s/c(=C\c3ccc(OC)cc3OC)c(=O)n2[C@H]1c1ccc(OC(C)=O)cc1. The molecule has 1 atom stereocenters.